The van der Waals surface area contributed by atoms with Crippen molar-refractivity contribution in [2.45, 2.75) is 33.1 Å². The standard InChI is InChI=1S/C30H32ClN3O8S/c1-3-13-41-29(38)21-16-20(8-9-22(21)31)32-26(35)17-34-28(37)25(43-30(34)39)15-19-7-10-23(24(14-19)40-4-2)42-18-27(36)33-11-5-6-12-33/h7-10,14-16H,3-6,11-13,17-18H2,1-2H3,(H,32,35)/b25-15-. The van der Waals surface area contributed by atoms with Crippen LogP contribution < -0.4 is 14.8 Å². The topological polar surface area (TPSA) is 132 Å². The van der Waals surface area contributed by atoms with Gasteiger partial charge in [0.1, 0.15) is 6.54 Å². The number of likely N-dealkylation sites (tertiary alicyclic amines) is 1. The van der Waals surface area contributed by atoms with Crippen LogP contribution in [-0.4, -0.2) is 78.2 Å². The Hall–Kier alpha value is -4.03. The van der Waals surface area contributed by atoms with Gasteiger partial charge < -0.3 is 24.4 Å². The zero-order valence-corrected chi connectivity index (χ0v) is 25.4. The van der Waals surface area contributed by atoms with Gasteiger partial charge in [0.15, 0.2) is 18.1 Å². The van der Waals surface area contributed by atoms with Gasteiger partial charge in [-0.2, -0.15) is 0 Å². The second-order valence-electron chi connectivity index (χ2n) is 9.66. The van der Waals surface area contributed by atoms with Crippen LogP contribution in [-0.2, 0) is 19.1 Å². The first-order chi connectivity index (χ1) is 20.7. The number of carbonyl (C=O) groups excluding carboxylic acids is 5. The monoisotopic (exact) mass is 629 g/mol. The van der Waals surface area contributed by atoms with Gasteiger partial charge in [0.2, 0.25) is 5.91 Å². The number of nitrogens with zero attached hydrogens (tertiary/aromatic N) is 2. The number of amides is 4. The molecule has 0 saturated carbocycles. The number of rotatable bonds is 12. The van der Waals surface area contributed by atoms with Gasteiger partial charge in [0.05, 0.1) is 28.7 Å². The molecule has 0 unspecified atom stereocenters. The maximum Gasteiger partial charge on any atom is 0.339 e. The molecule has 1 N–H and O–H groups in total. The Kier molecular flexibility index (Phi) is 11.1. The minimum atomic E-state index is -0.637. The predicted molar refractivity (Wildman–Crippen MR) is 162 cm³/mol. The molecule has 4 amide bonds. The van der Waals surface area contributed by atoms with Gasteiger partial charge in [-0.3, -0.25) is 24.1 Å². The van der Waals surface area contributed by atoms with E-state index < -0.39 is 29.6 Å². The highest BCUT2D eigenvalue weighted by Crippen LogP contribution is 2.35. The Balaban J connectivity index is 1.40. The lowest BCUT2D eigenvalue weighted by Crippen LogP contribution is -2.36. The molecule has 43 heavy (non-hydrogen) atoms. The Morgan fingerprint density at radius 3 is 2.51 bits per heavy atom. The van der Waals surface area contributed by atoms with Crippen molar-refractivity contribution in [2.75, 3.05) is 44.8 Å². The fourth-order valence-electron chi connectivity index (χ4n) is 4.36. The van der Waals surface area contributed by atoms with Crippen molar-refractivity contribution >= 4 is 64.1 Å². The van der Waals surface area contributed by atoms with Gasteiger partial charge in [-0.15, -0.1) is 0 Å². The van der Waals surface area contributed by atoms with Crippen LogP contribution in [0.25, 0.3) is 6.08 Å². The average molecular weight is 630 g/mol. The summed E-state index contributed by atoms with van der Waals surface area (Å²) in [6.07, 6.45) is 4.14. The molecule has 2 aliphatic heterocycles. The quantitative estimate of drug-likeness (QED) is 0.255. The Morgan fingerprint density at radius 1 is 1.02 bits per heavy atom. The molecule has 0 atom stereocenters. The number of nitrogens with one attached hydrogen (secondary N) is 1. The van der Waals surface area contributed by atoms with Crippen LogP contribution in [0.1, 0.15) is 49.0 Å². The first-order valence-corrected chi connectivity index (χ1v) is 15.1. The maximum atomic E-state index is 13.0. The molecule has 228 valence electrons. The number of benzene rings is 2. The molecule has 2 saturated heterocycles. The summed E-state index contributed by atoms with van der Waals surface area (Å²) in [6.45, 7) is 5.06. The molecule has 0 spiro atoms. The Labute approximate surface area is 258 Å². The SMILES string of the molecule is CCCOC(=O)c1cc(NC(=O)CN2C(=O)S/C(=C\c3ccc(OCC(=O)N4CCCC4)c(OCC)c3)C2=O)ccc1Cl. The molecule has 0 bridgehead atoms. The molecular formula is C30H32ClN3O8S. The molecule has 4 rings (SSSR count). The van der Waals surface area contributed by atoms with Gasteiger partial charge in [0, 0.05) is 18.8 Å². The molecule has 2 fully saturated rings. The summed E-state index contributed by atoms with van der Waals surface area (Å²) in [6, 6.07) is 9.30. The van der Waals surface area contributed by atoms with Crippen LogP contribution in [0.5, 0.6) is 11.5 Å². The first-order valence-electron chi connectivity index (χ1n) is 13.9. The van der Waals surface area contributed by atoms with Gasteiger partial charge in [-0.05, 0) is 79.9 Å². The van der Waals surface area contributed by atoms with Crippen molar-refractivity contribution in [3.05, 3.63) is 57.5 Å². The van der Waals surface area contributed by atoms with Crippen LogP contribution in [0, 0.1) is 0 Å². The molecule has 2 aromatic rings. The number of hydrogen-bond acceptors (Lipinski definition) is 9. The predicted octanol–water partition coefficient (Wildman–Crippen LogP) is 4.98. The molecule has 0 aromatic heterocycles. The third kappa shape index (κ3) is 8.29. The maximum absolute atomic E-state index is 13.0. The number of carbonyl (C=O) groups is 5. The third-order valence-electron chi connectivity index (χ3n) is 6.46. The molecular weight excluding hydrogens is 598 g/mol. The summed E-state index contributed by atoms with van der Waals surface area (Å²) in [4.78, 5) is 65.7. The smallest absolute Gasteiger partial charge is 0.339 e. The molecule has 2 aromatic carbocycles. The lowest BCUT2D eigenvalue weighted by atomic mass is 10.2. The van der Waals surface area contributed by atoms with E-state index in [4.69, 9.17) is 25.8 Å². The number of ether oxygens (including phenoxy) is 3. The number of thioether (sulfide) groups is 1. The van der Waals surface area contributed by atoms with E-state index in [9.17, 15) is 24.0 Å². The summed E-state index contributed by atoms with van der Waals surface area (Å²) in [5.41, 5.74) is 0.913. The largest absolute Gasteiger partial charge is 0.490 e. The third-order valence-corrected chi connectivity index (χ3v) is 7.69. The molecule has 0 aliphatic carbocycles. The minimum Gasteiger partial charge on any atom is -0.490 e. The molecule has 2 heterocycles. The van der Waals surface area contributed by atoms with Gasteiger partial charge in [-0.25, -0.2) is 4.79 Å². The van der Waals surface area contributed by atoms with E-state index in [1.54, 1.807) is 23.1 Å². The van der Waals surface area contributed by atoms with Crippen LogP contribution in [0.2, 0.25) is 5.02 Å². The fourth-order valence-corrected chi connectivity index (χ4v) is 5.40. The number of anilines is 1. The van der Waals surface area contributed by atoms with Crippen molar-refractivity contribution in [3.63, 3.8) is 0 Å². The van der Waals surface area contributed by atoms with Crippen molar-refractivity contribution in [1.82, 2.24) is 9.80 Å². The van der Waals surface area contributed by atoms with Gasteiger partial charge in [-0.1, -0.05) is 24.6 Å². The zero-order valence-electron chi connectivity index (χ0n) is 23.9. The fraction of sp³-hybridized carbons (Fsp3) is 0.367. The van der Waals surface area contributed by atoms with Gasteiger partial charge >= 0.3 is 5.97 Å². The van der Waals surface area contributed by atoms with Crippen LogP contribution in [0.15, 0.2) is 41.3 Å². The minimum absolute atomic E-state index is 0.0862. The first kappa shape index (κ1) is 31.9. The second kappa shape index (κ2) is 14.9. The zero-order chi connectivity index (χ0) is 30.9. The van der Waals surface area contributed by atoms with Crippen LogP contribution >= 0.6 is 23.4 Å². The molecule has 2 aliphatic rings. The molecule has 11 nitrogen and oxygen atoms in total. The van der Waals surface area contributed by atoms with Crippen LogP contribution in [0.4, 0.5) is 10.5 Å². The second-order valence-corrected chi connectivity index (χ2v) is 11.1. The van der Waals surface area contributed by atoms with Crippen molar-refractivity contribution in [2.24, 2.45) is 0 Å². The van der Waals surface area contributed by atoms with E-state index in [0.717, 1.165) is 30.8 Å². The van der Waals surface area contributed by atoms with Crippen molar-refractivity contribution < 1.29 is 38.2 Å². The lowest BCUT2D eigenvalue weighted by molar-refractivity contribution is -0.132. The van der Waals surface area contributed by atoms with E-state index >= 15 is 0 Å². The number of hydrogen-bond donors (Lipinski definition) is 1. The summed E-state index contributed by atoms with van der Waals surface area (Å²) in [7, 11) is 0. The molecule has 13 heteroatoms. The number of esters is 1. The Bertz CT molecular complexity index is 1440. The van der Waals surface area contributed by atoms with Crippen LogP contribution in [0.3, 0.4) is 0 Å². The highest BCUT2D eigenvalue weighted by molar-refractivity contribution is 8.18. The van der Waals surface area contributed by atoms with Crippen molar-refractivity contribution in [1.29, 1.82) is 0 Å². The van der Waals surface area contributed by atoms with Crippen molar-refractivity contribution in [3.8, 4) is 11.5 Å². The molecule has 0 radical (unpaired) electrons. The van der Waals surface area contributed by atoms with E-state index in [1.807, 2.05) is 13.8 Å². The Morgan fingerprint density at radius 2 is 1.79 bits per heavy atom. The number of halogens is 1. The highest BCUT2D eigenvalue weighted by Gasteiger charge is 2.36. The summed E-state index contributed by atoms with van der Waals surface area (Å²) >= 11 is 6.81. The number of imide groups is 1. The summed E-state index contributed by atoms with van der Waals surface area (Å²) < 4.78 is 16.5. The summed E-state index contributed by atoms with van der Waals surface area (Å²) in [5, 5.41) is 2.15. The summed E-state index contributed by atoms with van der Waals surface area (Å²) in [5.74, 6) is -1.19. The van der Waals surface area contributed by atoms with E-state index in [2.05, 4.69) is 5.32 Å². The highest BCUT2D eigenvalue weighted by atomic mass is 35.5. The average Bonchev–Trinajstić information content (AvgIpc) is 3.62. The van der Waals surface area contributed by atoms with E-state index in [-0.39, 0.29) is 40.3 Å². The lowest BCUT2D eigenvalue weighted by Gasteiger charge is -2.17. The van der Waals surface area contributed by atoms with E-state index in [0.29, 0.717) is 41.9 Å². The van der Waals surface area contributed by atoms with E-state index in [1.165, 1.54) is 24.3 Å². The normalized spacial score (nSPS) is 15.7. The van der Waals surface area contributed by atoms with Gasteiger partial charge in [0.25, 0.3) is 17.1 Å².